The summed E-state index contributed by atoms with van der Waals surface area (Å²) in [5.41, 5.74) is 0.572. The Bertz CT molecular complexity index is 532. The predicted molar refractivity (Wildman–Crippen MR) is 68.3 cm³/mol. The fourth-order valence-electron chi connectivity index (χ4n) is 2.07. The van der Waals surface area contributed by atoms with E-state index in [1.54, 1.807) is 24.3 Å². The molecule has 0 bridgehead atoms. The van der Waals surface area contributed by atoms with Gasteiger partial charge in [-0.15, -0.1) is 0 Å². The largest absolute Gasteiger partial charge is 0.306 e. The molecule has 2 aromatic rings. The lowest BCUT2D eigenvalue weighted by molar-refractivity contribution is 0.492. The predicted octanol–water partition coefficient (Wildman–Crippen LogP) is 3.80. The second-order valence-electron chi connectivity index (χ2n) is 4.18. The third kappa shape index (κ3) is 2.96. The number of benzene rings is 2. The zero-order valence-electron chi connectivity index (χ0n) is 10.5. The highest BCUT2D eigenvalue weighted by molar-refractivity contribution is 5.34. The molecule has 4 heteroatoms. The van der Waals surface area contributed by atoms with Crippen molar-refractivity contribution in [3.8, 4) is 0 Å². The van der Waals surface area contributed by atoms with Crippen LogP contribution in [-0.2, 0) is 0 Å². The van der Waals surface area contributed by atoms with Gasteiger partial charge in [0.1, 0.15) is 17.5 Å². The van der Waals surface area contributed by atoms with Crippen LogP contribution in [0.25, 0.3) is 0 Å². The molecule has 100 valence electrons. The van der Waals surface area contributed by atoms with Crippen molar-refractivity contribution in [1.82, 2.24) is 5.32 Å². The molecule has 0 saturated carbocycles. The van der Waals surface area contributed by atoms with E-state index in [1.165, 1.54) is 0 Å². The molecule has 0 aliphatic carbocycles. The third-order valence-corrected chi connectivity index (χ3v) is 2.87. The molecule has 0 aromatic heterocycles. The summed E-state index contributed by atoms with van der Waals surface area (Å²) in [5, 5.41) is 3.01. The zero-order valence-corrected chi connectivity index (χ0v) is 10.5. The van der Waals surface area contributed by atoms with Crippen molar-refractivity contribution in [3.63, 3.8) is 0 Å². The fourth-order valence-corrected chi connectivity index (χ4v) is 2.07. The Morgan fingerprint density at radius 3 is 2.11 bits per heavy atom. The van der Waals surface area contributed by atoms with Crippen LogP contribution in [0.15, 0.2) is 42.5 Å². The number of hydrogen-bond donors (Lipinski definition) is 1. The van der Waals surface area contributed by atoms with Gasteiger partial charge in [-0.2, -0.15) is 0 Å². The standard InChI is InChI=1S/C15H14F3N/c1-2-19-15(10-6-4-3-5-7-10)14-12(17)8-11(16)9-13(14)18/h3-9,15,19H,2H2,1H3. The van der Waals surface area contributed by atoms with Crippen LogP contribution >= 0.6 is 0 Å². The molecule has 0 radical (unpaired) electrons. The maximum Gasteiger partial charge on any atom is 0.134 e. The van der Waals surface area contributed by atoms with Crippen LogP contribution in [0.5, 0.6) is 0 Å². The molecular weight excluding hydrogens is 251 g/mol. The summed E-state index contributed by atoms with van der Waals surface area (Å²) in [5.74, 6) is -2.68. The average Bonchev–Trinajstić information content (AvgIpc) is 2.37. The van der Waals surface area contributed by atoms with E-state index in [9.17, 15) is 13.2 Å². The Kier molecular flexibility index (Phi) is 4.22. The summed E-state index contributed by atoms with van der Waals surface area (Å²) in [6, 6.07) is 9.72. The Balaban J connectivity index is 2.51. The Hall–Kier alpha value is -1.81. The number of rotatable bonds is 4. The smallest absolute Gasteiger partial charge is 0.134 e. The van der Waals surface area contributed by atoms with Gasteiger partial charge in [0.15, 0.2) is 0 Å². The minimum Gasteiger partial charge on any atom is -0.306 e. The van der Waals surface area contributed by atoms with Crippen LogP contribution < -0.4 is 5.32 Å². The summed E-state index contributed by atoms with van der Waals surface area (Å²) in [6.45, 7) is 2.38. The maximum atomic E-state index is 13.9. The van der Waals surface area contributed by atoms with Gasteiger partial charge in [0.05, 0.1) is 6.04 Å². The van der Waals surface area contributed by atoms with Crippen LogP contribution in [0.3, 0.4) is 0 Å². The summed E-state index contributed by atoms with van der Waals surface area (Å²) in [4.78, 5) is 0. The van der Waals surface area contributed by atoms with E-state index in [0.717, 1.165) is 5.56 Å². The molecule has 0 aliphatic rings. The van der Waals surface area contributed by atoms with Crippen LogP contribution in [0.1, 0.15) is 24.1 Å². The van der Waals surface area contributed by atoms with E-state index in [1.807, 2.05) is 13.0 Å². The molecule has 1 unspecified atom stereocenters. The molecule has 0 heterocycles. The number of hydrogen-bond acceptors (Lipinski definition) is 1. The van der Waals surface area contributed by atoms with Crippen molar-refractivity contribution in [1.29, 1.82) is 0 Å². The first-order chi connectivity index (χ1) is 9.13. The van der Waals surface area contributed by atoms with Crippen molar-refractivity contribution in [2.75, 3.05) is 6.54 Å². The first-order valence-electron chi connectivity index (χ1n) is 6.06. The van der Waals surface area contributed by atoms with E-state index in [2.05, 4.69) is 5.32 Å². The highest BCUT2D eigenvalue weighted by atomic mass is 19.1. The number of halogens is 3. The Morgan fingerprint density at radius 2 is 1.58 bits per heavy atom. The maximum absolute atomic E-state index is 13.9. The summed E-state index contributed by atoms with van der Waals surface area (Å²) in [7, 11) is 0. The highest BCUT2D eigenvalue weighted by Crippen LogP contribution is 2.27. The molecule has 0 amide bonds. The summed E-state index contributed by atoms with van der Waals surface area (Å²) in [6.07, 6.45) is 0. The van der Waals surface area contributed by atoms with Crippen molar-refractivity contribution in [3.05, 3.63) is 71.0 Å². The second-order valence-corrected chi connectivity index (χ2v) is 4.18. The van der Waals surface area contributed by atoms with Crippen LogP contribution in [0.2, 0.25) is 0 Å². The third-order valence-electron chi connectivity index (χ3n) is 2.87. The minimum atomic E-state index is -0.915. The number of nitrogens with one attached hydrogen (secondary N) is 1. The Morgan fingerprint density at radius 1 is 1.00 bits per heavy atom. The molecule has 1 atom stereocenters. The topological polar surface area (TPSA) is 12.0 Å². The van der Waals surface area contributed by atoms with Gasteiger partial charge in [-0.05, 0) is 12.1 Å². The van der Waals surface area contributed by atoms with Gasteiger partial charge in [-0.3, -0.25) is 0 Å². The molecule has 0 fully saturated rings. The molecule has 2 rings (SSSR count). The summed E-state index contributed by atoms with van der Waals surface area (Å²) >= 11 is 0. The van der Waals surface area contributed by atoms with Crippen LogP contribution in [0.4, 0.5) is 13.2 Å². The van der Waals surface area contributed by atoms with Gasteiger partial charge in [0, 0.05) is 17.7 Å². The molecule has 0 spiro atoms. The molecular formula is C15H14F3N. The van der Waals surface area contributed by atoms with Gasteiger partial charge < -0.3 is 5.32 Å². The van der Waals surface area contributed by atoms with Crippen LogP contribution in [0, 0.1) is 17.5 Å². The van der Waals surface area contributed by atoms with Crippen LogP contribution in [-0.4, -0.2) is 6.54 Å². The first-order valence-corrected chi connectivity index (χ1v) is 6.06. The molecule has 0 saturated heterocycles. The van der Waals surface area contributed by atoms with E-state index in [-0.39, 0.29) is 5.56 Å². The Labute approximate surface area is 110 Å². The quantitative estimate of drug-likeness (QED) is 0.886. The SMILES string of the molecule is CCNC(c1ccccc1)c1c(F)cc(F)cc1F. The lowest BCUT2D eigenvalue weighted by atomic mass is 9.97. The first kappa shape index (κ1) is 13.6. The van der Waals surface area contributed by atoms with Gasteiger partial charge in [-0.1, -0.05) is 37.3 Å². The van der Waals surface area contributed by atoms with Crippen molar-refractivity contribution in [2.24, 2.45) is 0 Å². The zero-order chi connectivity index (χ0) is 13.8. The van der Waals surface area contributed by atoms with E-state index in [0.29, 0.717) is 18.7 Å². The van der Waals surface area contributed by atoms with Crippen molar-refractivity contribution < 1.29 is 13.2 Å². The molecule has 1 N–H and O–H groups in total. The van der Waals surface area contributed by atoms with Gasteiger partial charge in [0.2, 0.25) is 0 Å². The normalized spacial score (nSPS) is 12.4. The lowest BCUT2D eigenvalue weighted by Gasteiger charge is -2.20. The van der Waals surface area contributed by atoms with Crippen molar-refractivity contribution >= 4 is 0 Å². The van der Waals surface area contributed by atoms with E-state index < -0.39 is 23.5 Å². The fraction of sp³-hybridized carbons (Fsp3) is 0.200. The molecule has 2 aromatic carbocycles. The van der Waals surface area contributed by atoms with Gasteiger partial charge in [-0.25, -0.2) is 13.2 Å². The van der Waals surface area contributed by atoms with Gasteiger partial charge >= 0.3 is 0 Å². The lowest BCUT2D eigenvalue weighted by Crippen LogP contribution is -2.24. The second kappa shape index (κ2) is 5.89. The minimum absolute atomic E-state index is 0.158. The van der Waals surface area contributed by atoms with E-state index in [4.69, 9.17) is 0 Å². The molecule has 19 heavy (non-hydrogen) atoms. The monoisotopic (exact) mass is 265 g/mol. The summed E-state index contributed by atoms with van der Waals surface area (Å²) < 4.78 is 40.7. The van der Waals surface area contributed by atoms with Gasteiger partial charge in [0.25, 0.3) is 0 Å². The highest BCUT2D eigenvalue weighted by Gasteiger charge is 2.22. The van der Waals surface area contributed by atoms with E-state index >= 15 is 0 Å². The molecule has 1 nitrogen and oxygen atoms in total. The molecule has 0 aliphatic heterocycles. The average molecular weight is 265 g/mol. The van der Waals surface area contributed by atoms with Crippen molar-refractivity contribution in [2.45, 2.75) is 13.0 Å².